The van der Waals surface area contributed by atoms with E-state index in [1.54, 1.807) is 0 Å². The van der Waals surface area contributed by atoms with Crippen molar-refractivity contribution in [2.75, 3.05) is 0 Å². The van der Waals surface area contributed by atoms with Crippen molar-refractivity contribution in [1.82, 2.24) is 14.5 Å². The van der Waals surface area contributed by atoms with Crippen LogP contribution in [0.1, 0.15) is 84.0 Å². The fourth-order valence-corrected chi connectivity index (χ4v) is 9.80. The summed E-state index contributed by atoms with van der Waals surface area (Å²) in [5.74, 6) is 1.49. The lowest BCUT2D eigenvalue weighted by Gasteiger charge is -2.34. The molecular weight excluding hydrogens is 751 g/mol. The summed E-state index contributed by atoms with van der Waals surface area (Å²) in [6, 6.07) is 62.8. The summed E-state index contributed by atoms with van der Waals surface area (Å²) in [5.41, 5.74) is 21.3. The quantitative estimate of drug-likeness (QED) is 0.146. The van der Waals surface area contributed by atoms with Gasteiger partial charge in [-0.1, -0.05) is 167 Å². The maximum atomic E-state index is 5.16. The number of benzene rings is 7. The van der Waals surface area contributed by atoms with Gasteiger partial charge in [0.05, 0.1) is 16.8 Å². The highest BCUT2D eigenvalue weighted by molar-refractivity contribution is 5.87. The Kier molecular flexibility index (Phi) is 9.91. The van der Waals surface area contributed by atoms with E-state index in [-0.39, 0.29) is 11.8 Å². The van der Waals surface area contributed by atoms with E-state index >= 15 is 0 Å². The van der Waals surface area contributed by atoms with Gasteiger partial charge in [0.15, 0.2) is 0 Å². The first-order valence-electron chi connectivity index (χ1n) is 21.9. The van der Waals surface area contributed by atoms with Gasteiger partial charge >= 0.3 is 0 Å². The Morgan fingerprint density at radius 2 is 0.968 bits per heavy atom. The standard InChI is InChI=1S/C59H51N3/c1-38(2)52-35-47(44-28-26-43(27-29-44)42-16-8-7-9-17-42)36-53(39(3)4)57(52)62-31-30-60-58(62)46-19-15-21-49(34-46)59(54-24-12-10-22-50(54)51-23-11-13-25-55(51)59)48-20-14-18-45(33-48)56-32-40(5)41(6)37-61-56/h7-39H,1-6H3. The molecule has 2 heterocycles. The van der Waals surface area contributed by atoms with E-state index in [1.165, 1.54) is 83.6 Å². The maximum absolute atomic E-state index is 5.16. The van der Waals surface area contributed by atoms with Gasteiger partial charge in [-0.15, -0.1) is 0 Å². The number of pyridine rings is 1. The number of aryl methyl sites for hydroxylation is 2. The van der Waals surface area contributed by atoms with Crippen molar-refractivity contribution < 1.29 is 0 Å². The van der Waals surface area contributed by atoms with Gasteiger partial charge in [0.1, 0.15) is 5.82 Å². The van der Waals surface area contributed by atoms with Gasteiger partial charge in [-0.05, 0) is 134 Å². The highest BCUT2D eigenvalue weighted by Crippen LogP contribution is 2.56. The lowest BCUT2D eigenvalue weighted by Crippen LogP contribution is -2.28. The van der Waals surface area contributed by atoms with Crippen molar-refractivity contribution in [2.24, 2.45) is 0 Å². The molecular formula is C59H51N3. The summed E-state index contributed by atoms with van der Waals surface area (Å²) in [7, 11) is 0. The zero-order valence-electron chi connectivity index (χ0n) is 36.4. The fourth-order valence-electron chi connectivity index (χ4n) is 9.80. The van der Waals surface area contributed by atoms with Crippen LogP contribution in [0.25, 0.3) is 61.7 Å². The molecule has 302 valence electrons. The molecule has 0 spiro atoms. The number of rotatable bonds is 9. The summed E-state index contributed by atoms with van der Waals surface area (Å²) in [6.07, 6.45) is 6.10. The van der Waals surface area contributed by atoms with E-state index < -0.39 is 5.41 Å². The zero-order chi connectivity index (χ0) is 42.5. The summed E-state index contributed by atoms with van der Waals surface area (Å²) in [5, 5.41) is 0. The second-order valence-electron chi connectivity index (χ2n) is 17.5. The molecule has 0 fully saturated rings. The van der Waals surface area contributed by atoms with Crippen LogP contribution in [0.2, 0.25) is 0 Å². The van der Waals surface area contributed by atoms with E-state index in [2.05, 4.69) is 222 Å². The monoisotopic (exact) mass is 801 g/mol. The molecule has 0 saturated heterocycles. The molecule has 2 aromatic heterocycles. The lowest BCUT2D eigenvalue weighted by atomic mass is 9.67. The molecule has 1 aliphatic rings. The highest BCUT2D eigenvalue weighted by Gasteiger charge is 2.46. The SMILES string of the molecule is Cc1cnc(-c2cccc(C3(c4cccc(-c5nccn5-c5c(C(C)C)cc(-c6ccc(-c7ccccc7)cc6)cc5C(C)C)c4)c4ccccc4-c4ccccc43)c2)cc1C. The molecule has 7 aromatic carbocycles. The molecule has 0 unspecified atom stereocenters. The van der Waals surface area contributed by atoms with Crippen molar-refractivity contribution >= 4 is 0 Å². The number of hydrogen-bond acceptors (Lipinski definition) is 2. The summed E-state index contributed by atoms with van der Waals surface area (Å²) >= 11 is 0. The van der Waals surface area contributed by atoms with Gasteiger partial charge in [0, 0.05) is 29.7 Å². The highest BCUT2D eigenvalue weighted by atomic mass is 15.1. The second kappa shape index (κ2) is 15.7. The lowest BCUT2D eigenvalue weighted by molar-refractivity contribution is 0.768. The van der Waals surface area contributed by atoms with Crippen LogP contribution in [0, 0.1) is 13.8 Å². The molecule has 62 heavy (non-hydrogen) atoms. The minimum Gasteiger partial charge on any atom is -0.299 e. The number of imidazole rings is 1. The van der Waals surface area contributed by atoms with Gasteiger partial charge in [-0.3, -0.25) is 9.55 Å². The Labute approximate surface area is 366 Å². The minimum absolute atomic E-state index is 0.279. The normalized spacial score (nSPS) is 12.8. The van der Waals surface area contributed by atoms with E-state index in [0.29, 0.717) is 0 Å². The van der Waals surface area contributed by atoms with Gasteiger partial charge < -0.3 is 0 Å². The Morgan fingerprint density at radius 1 is 0.452 bits per heavy atom. The fraction of sp³-hybridized carbons (Fsp3) is 0.153. The molecule has 10 rings (SSSR count). The summed E-state index contributed by atoms with van der Waals surface area (Å²) in [6.45, 7) is 13.5. The van der Waals surface area contributed by atoms with Crippen LogP contribution in [0.5, 0.6) is 0 Å². The Balaban J connectivity index is 1.14. The Bertz CT molecular complexity index is 3020. The van der Waals surface area contributed by atoms with Crippen LogP contribution in [0.3, 0.4) is 0 Å². The molecule has 1 aliphatic carbocycles. The second-order valence-corrected chi connectivity index (χ2v) is 17.5. The van der Waals surface area contributed by atoms with Crippen LogP contribution in [-0.4, -0.2) is 14.5 Å². The summed E-state index contributed by atoms with van der Waals surface area (Å²) < 4.78 is 2.35. The number of hydrogen-bond donors (Lipinski definition) is 0. The first kappa shape index (κ1) is 39.1. The average Bonchev–Trinajstić information content (AvgIpc) is 3.92. The van der Waals surface area contributed by atoms with Crippen molar-refractivity contribution in [2.45, 2.75) is 58.8 Å². The van der Waals surface area contributed by atoms with Crippen molar-refractivity contribution in [3.8, 4) is 61.7 Å². The molecule has 3 nitrogen and oxygen atoms in total. The Morgan fingerprint density at radius 3 is 1.56 bits per heavy atom. The molecule has 3 heteroatoms. The smallest absolute Gasteiger partial charge is 0.144 e. The third-order valence-electron chi connectivity index (χ3n) is 13.1. The van der Waals surface area contributed by atoms with Gasteiger partial charge in [-0.2, -0.15) is 0 Å². The van der Waals surface area contributed by atoms with Gasteiger partial charge in [0.2, 0.25) is 0 Å². The summed E-state index contributed by atoms with van der Waals surface area (Å²) in [4.78, 5) is 10.1. The third kappa shape index (κ3) is 6.51. The molecule has 0 N–H and O–H groups in total. The van der Waals surface area contributed by atoms with Gasteiger partial charge in [0.25, 0.3) is 0 Å². The molecule has 0 bridgehead atoms. The zero-order valence-corrected chi connectivity index (χ0v) is 36.4. The number of nitrogens with zero attached hydrogens (tertiary/aromatic N) is 3. The van der Waals surface area contributed by atoms with E-state index in [4.69, 9.17) is 9.97 Å². The predicted molar refractivity (Wildman–Crippen MR) is 258 cm³/mol. The number of aromatic nitrogens is 3. The molecule has 9 aromatic rings. The molecule has 0 amide bonds. The first-order chi connectivity index (χ1) is 30.2. The Hall–Kier alpha value is -7.10. The van der Waals surface area contributed by atoms with Crippen LogP contribution >= 0.6 is 0 Å². The van der Waals surface area contributed by atoms with E-state index in [0.717, 1.165) is 22.6 Å². The van der Waals surface area contributed by atoms with Crippen LogP contribution in [0.15, 0.2) is 188 Å². The van der Waals surface area contributed by atoms with E-state index in [9.17, 15) is 0 Å². The van der Waals surface area contributed by atoms with Gasteiger partial charge in [-0.25, -0.2) is 4.98 Å². The molecule has 0 aliphatic heterocycles. The first-order valence-corrected chi connectivity index (χ1v) is 21.9. The third-order valence-corrected chi connectivity index (χ3v) is 13.1. The van der Waals surface area contributed by atoms with Crippen LogP contribution < -0.4 is 0 Å². The predicted octanol–water partition coefficient (Wildman–Crippen LogP) is 15.2. The van der Waals surface area contributed by atoms with Crippen molar-refractivity contribution in [3.63, 3.8) is 0 Å². The molecule has 0 atom stereocenters. The largest absolute Gasteiger partial charge is 0.299 e. The maximum Gasteiger partial charge on any atom is 0.144 e. The topological polar surface area (TPSA) is 30.7 Å². The minimum atomic E-state index is -0.583. The van der Waals surface area contributed by atoms with Crippen LogP contribution in [0.4, 0.5) is 0 Å². The van der Waals surface area contributed by atoms with E-state index in [1.807, 2.05) is 12.4 Å². The van der Waals surface area contributed by atoms with Crippen molar-refractivity contribution in [1.29, 1.82) is 0 Å². The van der Waals surface area contributed by atoms with Crippen molar-refractivity contribution in [3.05, 3.63) is 233 Å². The molecule has 0 radical (unpaired) electrons. The average molecular weight is 802 g/mol. The van der Waals surface area contributed by atoms with Crippen LogP contribution in [-0.2, 0) is 5.41 Å². The number of fused-ring (bicyclic) bond motifs is 3. The molecule has 0 saturated carbocycles.